The minimum atomic E-state index is -1.00. The molecule has 0 saturated heterocycles. The highest BCUT2D eigenvalue weighted by Gasteiger charge is 2.27. The first-order valence-electron chi connectivity index (χ1n) is 10.9. The summed E-state index contributed by atoms with van der Waals surface area (Å²) in [6.07, 6.45) is 0. The fourth-order valence-electron chi connectivity index (χ4n) is 5.10. The van der Waals surface area contributed by atoms with E-state index in [0.717, 1.165) is 37.9 Å². The zero-order valence-corrected chi connectivity index (χ0v) is 18.0. The number of nitrogens with zero attached hydrogens (tertiary/aromatic N) is 1. The van der Waals surface area contributed by atoms with Crippen LogP contribution in [0.3, 0.4) is 0 Å². The van der Waals surface area contributed by atoms with Crippen molar-refractivity contribution in [2.45, 2.75) is 0 Å². The number of benzene rings is 5. The van der Waals surface area contributed by atoms with Gasteiger partial charge in [-0.05, 0) is 35.7 Å². The SMILES string of the molecule is Oc1c(O)c(O)c(-n2c3ccccc3c3cc4ccc5c6ccccc6oc5c4cc32)c(O)c1O. The van der Waals surface area contributed by atoms with E-state index in [0.29, 0.717) is 16.6 Å². The van der Waals surface area contributed by atoms with Crippen LogP contribution in [0.15, 0.2) is 77.2 Å². The molecule has 5 N–H and O–H groups in total. The van der Waals surface area contributed by atoms with Gasteiger partial charge in [-0.1, -0.05) is 42.5 Å². The molecule has 7 rings (SSSR count). The molecule has 35 heavy (non-hydrogen) atoms. The van der Waals surface area contributed by atoms with E-state index in [9.17, 15) is 25.5 Å². The minimum Gasteiger partial charge on any atom is -0.503 e. The molecule has 0 aliphatic rings. The van der Waals surface area contributed by atoms with E-state index >= 15 is 0 Å². The van der Waals surface area contributed by atoms with Gasteiger partial charge in [0.2, 0.25) is 17.2 Å². The lowest BCUT2D eigenvalue weighted by Crippen LogP contribution is -1.96. The average Bonchev–Trinajstić information content (AvgIpc) is 3.41. The van der Waals surface area contributed by atoms with Crippen molar-refractivity contribution in [1.82, 2.24) is 4.57 Å². The Bertz CT molecular complexity index is 1990. The summed E-state index contributed by atoms with van der Waals surface area (Å²) in [5, 5.41) is 57.2. The Morgan fingerprint density at radius 2 is 1.17 bits per heavy atom. The largest absolute Gasteiger partial charge is 0.503 e. The van der Waals surface area contributed by atoms with Crippen molar-refractivity contribution in [2.75, 3.05) is 0 Å². The second-order valence-electron chi connectivity index (χ2n) is 8.58. The maximum atomic E-state index is 10.7. The fourth-order valence-corrected chi connectivity index (χ4v) is 5.10. The molecular formula is C28H17NO6. The van der Waals surface area contributed by atoms with Crippen molar-refractivity contribution in [3.63, 3.8) is 0 Å². The summed E-state index contributed by atoms with van der Waals surface area (Å²) in [6.45, 7) is 0. The van der Waals surface area contributed by atoms with Crippen molar-refractivity contribution >= 4 is 54.5 Å². The molecule has 0 amide bonds. The number of aromatic hydroxyl groups is 5. The van der Waals surface area contributed by atoms with Crippen LogP contribution < -0.4 is 0 Å². The fraction of sp³-hybridized carbons (Fsp3) is 0. The summed E-state index contributed by atoms with van der Waals surface area (Å²) < 4.78 is 7.77. The summed E-state index contributed by atoms with van der Waals surface area (Å²) in [6, 6.07) is 23.1. The van der Waals surface area contributed by atoms with Crippen molar-refractivity contribution in [1.29, 1.82) is 0 Å². The lowest BCUT2D eigenvalue weighted by Gasteiger charge is -2.15. The third kappa shape index (κ3) is 2.38. The number of fused-ring (bicyclic) bond motifs is 8. The molecule has 0 unspecified atom stereocenters. The molecule has 2 heterocycles. The maximum absolute atomic E-state index is 10.7. The van der Waals surface area contributed by atoms with E-state index in [-0.39, 0.29) is 5.69 Å². The van der Waals surface area contributed by atoms with Crippen LogP contribution in [-0.4, -0.2) is 30.1 Å². The standard InChI is InChI=1S/C28H17NO6/c30-23-22(24(31)26(33)27(34)25(23)32)29-19-7-3-1-5-14(19)18-11-13-9-10-16-15-6-2-4-8-21(15)35-28(16)17(13)12-20(18)29/h1-12,30-34H. The van der Waals surface area contributed by atoms with Crippen LogP contribution in [0.5, 0.6) is 28.7 Å². The zero-order valence-electron chi connectivity index (χ0n) is 18.0. The van der Waals surface area contributed by atoms with Crippen molar-refractivity contribution in [3.05, 3.63) is 72.8 Å². The van der Waals surface area contributed by atoms with Crippen LogP contribution in [0.4, 0.5) is 0 Å². The predicted octanol–water partition coefficient (Wildman–Crippen LogP) is 6.36. The molecule has 0 saturated carbocycles. The molecule has 0 aliphatic carbocycles. The van der Waals surface area contributed by atoms with Gasteiger partial charge in [0.25, 0.3) is 0 Å². The number of furan rings is 1. The first-order chi connectivity index (χ1) is 17.0. The lowest BCUT2D eigenvalue weighted by molar-refractivity contribution is 0.327. The Morgan fingerprint density at radius 1 is 0.514 bits per heavy atom. The van der Waals surface area contributed by atoms with Crippen LogP contribution in [-0.2, 0) is 0 Å². The summed E-state index contributed by atoms with van der Waals surface area (Å²) in [7, 11) is 0. The van der Waals surface area contributed by atoms with Gasteiger partial charge in [-0.2, -0.15) is 0 Å². The molecule has 0 atom stereocenters. The van der Waals surface area contributed by atoms with Crippen LogP contribution in [0, 0.1) is 0 Å². The lowest BCUT2D eigenvalue weighted by atomic mass is 10.0. The Labute approximate surface area is 196 Å². The molecule has 5 aromatic carbocycles. The third-order valence-electron chi connectivity index (χ3n) is 6.72. The smallest absolute Gasteiger partial charge is 0.208 e. The van der Waals surface area contributed by atoms with Gasteiger partial charge in [-0.3, -0.25) is 0 Å². The molecule has 7 nitrogen and oxygen atoms in total. The van der Waals surface area contributed by atoms with Crippen LogP contribution in [0.1, 0.15) is 0 Å². The molecule has 0 radical (unpaired) electrons. The number of hydrogen-bond donors (Lipinski definition) is 5. The number of aromatic nitrogens is 1. The Balaban J connectivity index is 1.71. The molecule has 2 aromatic heterocycles. The number of hydrogen-bond acceptors (Lipinski definition) is 6. The van der Waals surface area contributed by atoms with E-state index < -0.39 is 28.7 Å². The normalized spacial score (nSPS) is 12.0. The van der Waals surface area contributed by atoms with Gasteiger partial charge < -0.3 is 34.5 Å². The maximum Gasteiger partial charge on any atom is 0.208 e. The van der Waals surface area contributed by atoms with Gasteiger partial charge in [0.05, 0.1) is 11.0 Å². The van der Waals surface area contributed by atoms with Gasteiger partial charge in [-0.15, -0.1) is 0 Å². The highest BCUT2D eigenvalue weighted by Crippen LogP contribution is 2.54. The summed E-state index contributed by atoms with van der Waals surface area (Å²) in [5.74, 6) is -4.38. The van der Waals surface area contributed by atoms with E-state index in [4.69, 9.17) is 4.42 Å². The number of phenolic OH excluding ortho intramolecular Hbond substituents is 5. The average molecular weight is 463 g/mol. The monoisotopic (exact) mass is 463 g/mol. The van der Waals surface area contributed by atoms with Gasteiger partial charge in [0.1, 0.15) is 16.9 Å². The first-order valence-corrected chi connectivity index (χ1v) is 10.9. The Hall–Kier alpha value is -5.04. The highest BCUT2D eigenvalue weighted by molar-refractivity contribution is 6.20. The van der Waals surface area contributed by atoms with E-state index in [2.05, 4.69) is 0 Å². The number of para-hydroxylation sites is 2. The summed E-state index contributed by atoms with van der Waals surface area (Å²) >= 11 is 0. The van der Waals surface area contributed by atoms with Gasteiger partial charge in [0.15, 0.2) is 11.5 Å². The first kappa shape index (κ1) is 19.4. The topological polar surface area (TPSA) is 119 Å². The Kier molecular flexibility index (Phi) is 3.62. The van der Waals surface area contributed by atoms with Crippen molar-refractivity contribution < 1.29 is 29.9 Å². The van der Waals surface area contributed by atoms with E-state index in [1.165, 1.54) is 0 Å². The second-order valence-corrected chi connectivity index (χ2v) is 8.58. The second kappa shape index (κ2) is 6.51. The number of rotatable bonds is 1. The molecule has 0 spiro atoms. The summed E-state index contributed by atoms with van der Waals surface area (Å²) in [4.78, 5) is 0. The molecular weight excluding hydrogens is 446 g/mol. The molecule has 7 aromatic rings. The minimum absolute atomic E-state index is 0.250. The van der Waals surface area contributed by atoms with E-state index in [1.54, 1.807) is 10.6 Å². The van der Waals surface area contributed by atoms with Crippen LogP contribution in [0.2, 0.25) is 0 Å². The number of phenols is 5. The third-order valence-corrected chi connectivity index (χ3v) is 6.72. The van der Waals surface area contributed by atoms with Crippen LogP contribution in [0.25, 0.3) is 60.2 Å². The zero-order chi connectivity index (χ0) is 24.0. The Morgan fingerprint density at radius 3 is 1.94 bits per heavy atom. The quantitative estimate of drug-likeness (QED) is 0.143. The van der Waals surface area contributed by atoms with Crippen molar-refractivity contribution in [2.24, 2.45) is 0 Å². The van der Waals surface area contributed by atoms with Crippen LogP contribution >= 0.6 is 0 Å². The molecule has 0 bridgehead atoms. The van der Waals surface area contributed by atoms with Gasteiger partial charge in [-0.25, -0.2) is 0 Å². The van der Waals surface area contributed by atoms with Crippen molar-refractivity contribution in [3.8, 4) is 34.4 Å². The highest BCUT2D eigenvalue weighted by atomic mass is 16.4. The van der Waals surface area contributed by atoms with Gasteiger partial charge >= 0.3 is 0 Å². The van der Waals surface area contributed by atoms with E-state index in [1.807, 2.05) is 66.7 Å². The molecule has 0 fully saturated rings. The van der Waals surface area contributed by atoms with Gasteiger partial charge in [0, 0.05) is 26.9 Å². The summed E-state index contributed by atoms with van der Waals surface area (Å²) in [5.41, 5.74) is 2.43. The predicted molar refractivity (Wildman–Crippen MR) is 134 cm³/mol. The molecule has 170 valence electrons. The molecule has 0 aliphatic heterocycles. The molecule has 7 heteroatoms.